The summed E-state index contributed by atoms with van der Waals surface area (Å²) in [4.78, 5) is 6.11. The van der Waals surface area contributed by atoms with Crippen molar-refractivity contribution in [2.24, 2.45) is 11.8 Å². The lowest BCUT2D eigenvalue weighted by atomic mass is 9.65. The molecule has 1 aliphatic heterocycles. The average Bonchev–Trinajstić information content (AvgIpc) is 2.60. The number of nitrogens with zero attached hydrogens (tertiary/aromatic N) is 1. The second-order valence-corrected chi connectivity index (χ2v) is 7.34. The molecule has 110 valence electrons. The van der Waals surface area contributed by atoms with E-state index < -0.39 is 0 Å². The Morgan fingerprint density at radius 1 is 1.20 bits per heavy atom. The molecule has 0 radical (unpaired) electrons. The molecule has 20 heavy (non-hydrogen) atoms. The molecule has 3 rings (SSSR count). The van der Waals surface area contributed by atoms with Crippen LogP contribution in [0.4, 0.5) is 0 Å². The molecule has 1 aromatic rings. The van der Waals surface area contributed by atoms with E-state index in [-0.39, 0.29) is 5.60 Å². The van der Waals surface area contributed by atoms with Gasteiger partial charge in [0.25, 0.3) is 0 Å². The molecule has 0 aromatic heterocycles. The minimum Gasteiger partial charge on any atom is -0.293 e. The van der Waals surface area contributed by atoms with Gasteiger partial charge in [0.05, 0.1) is 5.60 Å². The van der Waals surface area contributed by atoms with Crippen molar-refractivity contribution in [3.05, 3.63) is 35.4 Å². The first-order valence-electron chi connectivity index (χ1n) is 7.87. The van der Waals surface area contributed by atoms with E-state index in [0.717, 1.165) is 0 Å². The molecule has 1 heterocycles. The van der Waals surface area contributed by atoms with E-state index in [9.17, 15) is 0 Å². The molecule has 1 saturated heterocycles. The van der Waals surface area contributed by atoms with E-state index in [4.69, 9.17) is 4.84 Å². The Balaban J connectivity index is 1.90. The molecule has 4 atom stereocenters. The third kappa shape index (κ3) is 2.19. The van der Waals surface area contributed by atoms with Gasteiger partial charge in [0.15, 0.2) is 0 Å². The van der Waals surface area contributed by atoms with Crippen LogP contribution in [0, 0.1) is 18.8 Å². The van der Waals surface area contributed by atoms with Gasteiger partial charge in [-0.25, -0.2) is 0 Å². The number of aryl methyl sites for hydroxylation is 1. The van der Waals surface area contributed by atoms with Crippen molar-refractivity contribution in [1.29, 1.82) is 0 Å². The molecule has 0 N–H and O–H groups in total. The van der Waals surface area contributed by atoms with Gasteiger partial charge >= 0.3 is 0 Å². The second kappa shape index (κ2) is 4.85. The van der Waals surface area contributed by atoms with Crippen LogP contribution in [0.2, 0.25) is 0 Å². The van der Waals surface area contributed by atoms with Crippen LogP contribution in [0.5, 0.6) is 0 Å². The quantitative estimate of drug-likeness (QED) is 0.762. The molecule has 0 bridgehead atoms. The fourth-order valence-corrected chi connectivity index (χ4v) is 4.63. The summed E-state index contributed by atoms with van der Waals surface area (Å²) in [6, 6.07) is 9.46. The van der Waals surface area contributed by atoms with Crippen molar-refractivity contribution < 1.29 is 4.84 Å². The van der Waals surface area contributed by atoms with Crippen LogP contribution < -0.4 is 0 Å². The first-order chi connectivity index (χ1) is 9.40. The first kappa shape index (κ1) is 14.1. The number of hydrogen-bond acceptors (Lipinski definition) is 2. The topological polar surface area (TPSA) is 12.5 Å². The van der Waals surface area contributed by atoms with Crippen molar-refractivity contribution in [1.82, 2.24) is 5.06 Å². The van der Waals surface area contributed by atoms with Gasteiger partial charge in [-0.2, -0.15) is 5.06 Å². The minimum atomic E-state index is -0.0327. The van der Waals surface area contributed by atoms with E-state index in [1.807, 2.05) is 0 Å². The fraction of sp³-hybridized carbons (Fsp3) is 0.667. The van der Waals surface area contributed by atoms with Gasteiger partial charge < -0.3 is 0 Å². The van der Waals surface area contributed by atoms with Crippen molar-refractivity contribution in [3.8, 4) is 0 Å². The van der Waals surface area contributed by atoms with Crippen molar-refractivity contribution in [3.63, 3.8) is 0 Å². The zero-order valence-electron chi connectivity index (χ0n) is 13.4. The highest BCUT2D eigenvalue weighted by atomic mass is 16.7. The summed E-state index contributed by atoms with van der Waals surface area (Å²) in [5.74, 6) is 1.99. The maximum atomic E-state index is 6.11. The molecule has 4 unspecified atom stereocenters. The molecular weight excluding hydrogens is 246 g/mol. The molecule has 1 aromatic carbocycles. The summed E-state index contributed by atoms with van der Waals surface area (Å²) >= 11 is 0. The minimum absolute atomic E-state index is 0.0327. The Kier molecular flexibility index (Phi) is 3.42. The zero-order chi connectivity index (χ0) is 14.5. The van der Waals surface area contributed by atoms with Gasteiger partial charge in [-0.3, -0.25) is 4.84 Å². The van der Waals surface area contributed by atoms with Crippen molar-refractivity contribution in [2.75, 3.05) is 7.05 Å². The Morgan fingerprint density at radius 3 is 2.60 bits per heavy atom. The Hall–Kier alpha value is -0.860. The summed E-state index contributed by atoms with van der Waals surface area (Å²) < 4.78 is 0. The largest absolute Gasteiger partial charge is 0.293 e. The highest BCUT2D eigenvalue weighted by Gasteiger charge is 2.52. The number of rotatable bonds is 1. The normalized spacial score (nSPS) is 36.9. The van der Waals surface area contributed by atoms with E-state index in [0.29, 0.717) is 23.8 Å². The number of fused-ring (bicyclic) bond motifs is 1. The van der Waals surface area contributed by atoms with E-state index in [2.05, 4.69) is 64.1 Å². The Labute approximate surface area is 123 Å². The molecule has 2 fully saturated rings. The number of hydroxylamine groups is 2. The highest BCUT2D eigenvalue weighted by Crippen LogP contribution is 2.50. The second-order valence-electron chi connectivity index (χ2n) is 7.34. The van der Waals surface area contributed by atoms with E-state index >= 15 is 0 Å². The SMILES string of the molecule is Cc1ccccc1C1CC(C)C2C(C1)C(C)(C)ON2C. The van der Waals surface area contributed by atoms with Crippen LogP contribution in [0.1, 0.15) is 50.7 Å². The summed E-state index contributed by atoms with van der Waals surface area (Å²) in [6.45, 7) is 9.14. The Morgan fingerprint density at radius 2 is 1.90 bits per heavy atom. The summed E-state index contributed by atoms with van der Waals surface area (Å²) in [5, 5.41) is 2.13. The predicted octanol–water partition coefficient (Wildman–Crippen LogP) is 4.15. The molecule has 2 aliphatic rings. The summed E-state index contributed by atoms with van der Waals surface area (Å²) in [5.41, 5.74) is 2.95. The molecule has 0 amide bonds. The molecule has 2 heteroatoms. The van der Waals surface area contributed by atoms with Crippen LogP contribution in [0.3, 0.4) is 0 Å². The van der Waals surface area contributed by atoms with Crippen LogP contribution in [-0.4, -0.2) is 23.8 Å². The highest BCUT2D eigenvalue weighted by molar-refractivity contribution is 5.30. The van der Waals surface area contributed by atoms with Gasteiger partial charge in [-0.05, 0) is 56.6 Å². The third-order valence-electron chi connectivity index (χ3n) is 5.51. The molecule has 1 saturated carbocycles. The molecule has 1 aliphatic carbocycles. The monoisotopic (exact) mass is 273 g/mol. The van der Waals surface area contributed by atoms with Crippen LogP contribution in [-0.2, 0) is 4.84 Å². The standard InChI is InChI=1S/C18H27NO/c1-12-8-6-7-9-15(12)14-10-13(2)17-16(11-14)18(3,4)20-19(17)5/h6-9,13-14,16-17H,10-11H2,1-5H3. The molecule has 2 nitrogen and oxygen atoms in total. The van der Waals surface area contributed by atoms with Crippen molar-refractivity contribution >= 4 is 0 Å². The lowest BCUT2D eigenvalue weighted by molar-refractivity contribution is -0.182. The van der Waals surface area contributed by atoms with Gasteiger partial charge in [0.1, 0.15) is 0 Å². The van der Waals surface area contributed by atoms with Gasteiger partial charge in [-0.15, -0.1) is 0 Å². The third-order valence-corrected chi connectivity index (χ3v) is 5.51. The lowest BCUT2D eigenvalue weighted by Gasteiger charge is -2.40. The van der Waals surface area contributed by atoms with Gasteiger partial charge in [0.2, 0.25) is 0 Å². The summed E-state index contributed by atoms with van der Waals surface area (Å²) in [6.07, 6.45) is 2.52. The Bertz CT molecular complexity index is 496. The fourth-order valence-electron chi connectivity index (χ4n) is 4.63. The van der Waals surface area contributed by atoms with Crippen molar-refractivity contribution in [2.45, 2.75) is 58.1 Å². The lowest BCUT2D eigenvalue weighted by Crippen LogP contribution is -2.42. The van der Waals surface area contributed by atoms with Crippen LogP contribution in [0.25, 0.3) is 0 Å². The predicted molar refractivity (Wildman–Crippen MR) is 82.5 cm³/mol. The maximum Gasteiger partial charge on any atom is 0.0887 e. The number of benzene rings is 1. The zero-order valence-corrected chi connectivity index (χ0v) is 13.4. The number of hydrogen-bond donors (Lipinski definition) is 0. The summed E-state index contributed by atoms with van der Waals surface area (Å²) in [7, 11) is 2.11. The molecular formula is C18H27NO. The van der Waals surface area contributed by atoms with E-state index in [1.165, 1.54) is 18.4 Å². The van der Waals surface area contributed by atoms with Gasteiger partial charge in [0, 0.05) is 19.0 Å². The average molecular weight is 273 g/mol. The first-order valence-corrected chi connectivity index (χ1v) is 7.87. The van der Waals surface area contributed by atoms with Crippen LogP contribution >= 0.6 is 0 Å². The van der Waals surface area contributed by atoms with Crippen LogP contribution in [0.15, 0.2) is 24.3 Å². The smallest absolute Gasteiger partial charge is 0.0887 e. The maximum absolute atomic E-state index is 6.11. The van der Waals surface area contributed by atoms with Gasteiger partial charge in [-0.1, -0.05) is 31.2 Å². The molecule has 0 spiro atoms. The van der Waals surface area contributed by atoms with E-state index in [1.54, 1.807) is 5.56 Å².